The zero-order valence-corrected chi connectivity index (χ0v) is 27.8. The van der Waals surface area contributed by atoms with Gasteiger partial charge in [-0.25, -0.2) is 9.97 Å². The number of benzene rings is 8. The van der Waals surface area contributed by atoms with E-state index in [1.54, 1.807) is 0 Å². The molecule has 8 aromatic carbocycles. The first-order valence-electron chi connectivity index (χ1n) is 17.7. The van der Waals surface area contributed by atoms with Gasteiger partial charge in [-0.2, -0.15) is 0 Å². The van der Waals surface area contributed by atoms with Crippen LogP contribution in [0.3, 0.4) is 0 Å². The highest BCUT2D eigenvalue weighted by Crippen LogP contribution is 2.51. The van der Waals surface area contributed by atoms with Crippen molar-refractivity contribution in [3.05, 3.63) is 164 Å². The van der Waals surface area contributed by atoms with E-state index in [-0.39, 0.29) is 0 Å². The zero-order chi connectivity index (χ0) is 33.9. The molecule has 0 N–H and O–H groups in total. The summed E-state index contributed by atoms with van der Waals surface area (Å²) >= 11 is 0. The molecule has 0 unspecified atom stereocenters. The lowest BCUT2D eigenvalue weighted by Gasteiger charge is -2.17. The minimum Gasteiger partial charge on any atom is -0.456 e. The van der Waals surface area contributed by atoms with Gasteiger partial charge in [0.1, 0.15) is 16.9 Å². The molecule has 240 valence electrons. The second kappa shape index (κ2) is 10.3. The maximum absolute atomic E-state index is 6.23. The molecule has 3 heterocycles. The molecular formula is C48H27N3O. The number of hydrogen-bond donors (Lipinski definition) is 0. The predicted molar refractivity (Wildman–Crippen MR) is 214 cm³/mol. The molecule has 0 fully saturated rings. The Morgan fingerprint density at radius 2 is 1.06 bits per heavy atom. The molecule has 52 heavy (non-hydrogen) atoms. The van der Waals surface area contributed by atoms with E-state index in [1.165, 1.54) is 54.9 Å². The van der Waals surface area contributed by atoms with Gasteiger partial charge in [0.05, 0.1) is 22.1 Å². The Balaban J connectivity index is 1.25. The molecule has 0 bridgehead atoms. The smallest absolute Gasteiger partial charge is 0.165 e. The fraction of sp³-hybridized carbons (Fsp3) is 0. The van der Waals surface area contributed by atoms with Crippen LogP contribution in [0, 0.1) is 0 Å². The monoisotopic (exact) mass is 661 g/mol. The predicted octanol–water partition coefficient (Wildman–Crippen LogP) is 12.8. The largest absolute Gasteiger partial charge is 0.456 e. The van der Waals surface area contributed by atoms with Crippen molar-refractivity contribution < 1.29 is 4.42 Å². The molecular weight excluding hydrogens is 635 g/mol. The number of rotatable bonds is 3. The first-order valence-corrected chi connectivity index (χ1v) is 17.7. The first-order chi connectivity index (χ1) is 25.8. The molecule has 1 aliphatic carbocycles. The van der Waals surface area contributed by atoms with Gasteiger partial charge in [-0.3, -0.25) is 4.57 Å². The van der Waals surface area contributed by atoms with Crippen LogP contribution in [0.4, 0.5) is 0 Å². The van der Waals surface area contributed by atoms with Crippen LogP contribution in [0.2, 0.25) is 0 Å². The Hall–Kier alpha value is -7.04. The quantitative estimate of drug-likeness (QED) is 0.189. The van der Waals surface area contributed by atoms with Crippen LogP contribution in [0.1, 0.15) is 0 Å². The summed E-state index contributed by atoms with van der Waals surface area (Å²) < 4.78 is 8.59. The third kappa shape index (κ3) is 3.70. The summed E-state index contributed by atoms with van der Waals surface area (Å²) in [6, 6.07) is 58.3. The Kier molecular flexibility index (Phi) is 5.47. The number of hydrogen-bond acceptors (Lipinski definition) is 3. The van der Waals surface area contributed by atoms with Crippen molar-refractivity contribution in [3.8, 4) is 50.5 Å². The van der Waals surface area contributed by atoms with Crippen molar-refractivity contribution in [1.29, 1.82) is 0 Å². The van der Waals surface area contributed by atoms with Crippen LogP contribution in [0.25, 0.3) is 116 Å². The molecule has 0 spiro atoms. The third-order valence-electron chi connectivity index (χ3n) is 10.9. The molecule has 4 heteroatoms. The second-order valence-corrected chi connectivity index (χ2v) is 13.7. The lowest BCUT2D eigenvalue weighted by atomic mass is 9.90. The van der Waals surface area contributed by atoms with Crippen molar-refractivity contribution in [3.63, 3.8) is 0 Å². The highest BCUT2D eigenvalue weighted by Gasteiger charge is 2.27. The molecule has 0 amide bonds. The summed E-state index contributed by atoms with van der Waals surface area (Å²) in [5, 5.41) is 7.13. The van der Waals surface area contributed by atoms with E-state index in [1.807, 2.05) is 30.3 Å². The van der Waals surface area contributed by atoms with Crippen LogP contribution < -0.4 is 0 Å². The van der Waals surface area contributed by atoms with Crippen LogP contribution in [0.5, 0.6) is 0 Å². The summed E-state index contributed by atoms with van der Waals surface area (Å²) in [5.41, 5.74) is 14.9. The Morgan fingerprint density at radius 1 is 0.385 bits per heavy atom. The van der Waals surface area contributed by atoms with Gasteiger partial charge in [-0.05, 0) is 87.3 Å². The number of fused-ring (bicyclic) bond motifs is 7. The van der Waals surface area contributed by atoms with Gasteiger partial charge in [-0.15, -0.1) is 0 Å². The first kappa shape index (κ1) is 27.7. The topological polar surface area (TPSA) is 43.9 Å². The van der Waals surface area contributed by atoms with E-state index in [4.69, 9.17) is 14.4 Å². The van der Waals surface area contributed by atoms with Gasteiger partial charge < -0.3 is 4.42 Å². The fourth-order valence-electron chi connectivity index (χ4n) is 8.71. The van der Waals surface area contributed by atoms with Crippen LogP contribution in [-0.2, 0) is 0 Å². The normalized spacial score (nSPS) is 12.2. The minimum atomic E-state index is 0.803. The number of aromatic nitrogens is 3. The van der Waals surface area contributed by atoms with Crippen molar-refractivity contribution in [2.24, 2.45) is 0 Å². The van der Waals surface area contributed by atoms with Crippen molar-refractivity contribution in [2.75, 3.05) is 0 Å². The van der Waals surface area contributed by atoms with Gasteiger partial charge >= 0.3 is 0 Å². The lowest BCUT2D eigenvalue weighted by Crippen LogP contribution is -2.04. The number of furan rings is 1. The van der Waals surface area contributed by atoms with E-state index in [2.05, 4.69) is 138 Å². The molecule has 12 rings (SSSR count). The zero-order valence-electron chi connectivity index (χ0n) is 27.8. The van der Waals surface area contributed by atoms with Crippen molar-refractivity contribution in [2.45, 2.75) is 0 Å². The SMILES string of the molecule is c1ccc(-c2ccc3c4c2ccc2c4c4c(cccc4n2-c2nc4ccccc4nc2-c2ccc4oc5ccccc5c4c2)-c2ccccc2-3)cc1. The van der Waals surface area contributed by atoms with Gasteiger partial charge in [0, 0.05) is 32.5 Å². The van der Waals surface area contributed by atoms with Crippen LogP contribution in [-0.4, -0.2) is 14.5 Å². The van der Waals surface area contributed by atoms with E-state index < -0.39 is 0 Å². The second-order valence-electron chi connectivity index (χ2n) is 13.7. The van der Waals surface area contributed by atoms with Gasteiger partial charge in [0.2, 0.25) is 0 Å². The van der Waals surface area contributed by atoms with Crippen molar-refractivity contribution in [1.82, 2.24) is 14.5 Å². The molecule has 4 nitrogen and oxygen atoms in total. The molecule has 1 aliphatic rings. The minimum absolute atomic E-state index is 0.803. The van der Waals surface area contributed by atoms with Gasteiger partial charge in [0.25, 0.3) is 0 Å². The summed E-state index contributed by atoms with van der Waals surface area (Å²) in [7, 11) is 0. The van der Waals surface area contributed by atoms with E-state index in [9.17, 15) is 0 Å². The maximum Gasteiger partial charge on any atom is 0.165 e. The molecule has 11 aromatic rings. The van der Waals surface area contributed by atoms with Gasteiger partial charge in [0.15, 0.2) is 5.82 Å². The summed E-state index contributed by atoms with van der Waals surface area (Å²) in [4.78, 5) is 10.8. The highest BCUT2D eigenvalue weighted by molar-refractivity contribution is 6.32. The molecule has 0 atom stereocenters. The average molecular weight is 662 g/mol. The highest BCUT2D eigenvalue weighted by atomic mass is 16.3. The molecule has 0 aliphatic heterocycles. The Morgan fingerprint density at radius 3 is 1.92 bits per heavy atom. The number of para-hydroxylation sites is 3. The van der Waals surface area contributed by atoms with E-state index >= 15 is 0 Å². The average Bonchev–Trinajstić information content (AvgIpc) is 3.72. The third-order valence-corrected chi connectivity index (χ3v) is 10.9. The molecule has 0 saturated heterocycles. The van der Waals surface area contributed by atoms with Crippen LogP contribution in [0.15, 0.2) is 168 Å². The van der Waals surface area contributed by atoms with E-state index in [0.29, 0.717) is 0 Å². The summed E-state index contributed by atoms with van der Waals surface area (Å²) in [6.45, 7) is 0. The molecule has 0 saturated carbocycles. The maximum atomic E-state index is 6.23. The molecule has 0 radical (unpaired) electrons. The standard InChI is InChI=1S/C48H27N3O/c1-2-11-28(12-3-1)30-22-23-36-32-14-5-4-13-31(32)34-16-10-19-40-45(34)46-41(25-24-35(30)44(36)46)51(40)48-47(49-38-17-7-8-18-39(38)50-48)29-21-26-43-37(27-29)33-15-6-9-20-42(33)52-43/h1-27H. The molecule has 3 aromatic heterocycles. The summed E-state index contributed by atoms with van der Waals surface area (Å²) in [5.74, 6) is 0.803. The van der Waals surface area contributed by atoms with E-state index in [0.717, 1.165) is 61.1 Å². The Labute approximate surface area is 297 Å². The Bertz CT molecular complexity index is 3300. The fourth-order valence-corrected chi connectivity index (χ4v) is 8.71. The number of nitrogens with zero attached hydrogens (tertiary/aromatic N) is 3. The summed E-state index contributed by atoms with van der Waals surface area (Å²) in [6.07, 6.45) is 0. The lowest BCUT2D eigenvalue weighted by molar-refractivity contribution is 0.669. The van der Waals surface area contributed by atoms with Crippen LogP contribution >= 0.6 is 0 Å². The van der Waals surface area contributed by atoms with Crippen molar-refractivity contribution >= 4 is 65.6 Å². The van der Waals surface area contributed by atoms with Gasteiger partial charge in [-0.1, -0.05) is 115 Å².